The molecule has 0 bridgehead atoms. The van der Waals surface area contributed by atoms with E-state index in [9.17, 15) is 27.9 Å². The maximum atomic E-state index is 14.2. The number of nitrogens with one attached hydrogen (secondary N) is 3. The molecule has 4 N–H and O–H groups in total. The number of β-amino-alcohol motifs (C(OH)–C–C–N with tert-alkyl or cyclic N) is 1. The van der Waals surface area contributed by atoms with E-state index in [4.69, 9.17) is 0 Å². The molecule has 1 fully saturated rings. The summed E-state index contributed by atoms with van der Waals surface area (Å²) in [6.45, 7) is 0.0544. The van der Waals surface area contributed by atoms with E-state index >= 15 is 0 Å². The monoisotopic (exact) mass is 423 g/mol. The third kappa shape index (κ3) is 3.73. The van der Waals surface area contributed by atoms with E-state index in [0.717, 1.165) is 23.5 Å². The van der Waals surface area contributed by atoms with Gasteiger partial charge in [-0.1, -0.05) is 0 Å². The van der Waals surface area contributed by atoms with Crippen molar-refractivity contribution in [1.82, 2.24) is 15.6 Å². The first-order valence-corrected chi connectivity index (χ1v) is 9.65. The first kappa shape index (κ1) is 19.5. The first-order chi connectivity index (χ1) is 13.8. The summed E-state index contributed by atoms with van der Waals surface area (Å²) in [5.74, 6) is -2.54. The van der Waals surface area contributed by atoms with Gasteiger partial charge in [-0.2, -0.15) is 4.39 Å². The largest absolute Gasteiger partial charge is 0.389 e. The highest BCUT2D eigenvalue weighted by atomic mass is 32.1. The van der Waals surface area contributed by atoms with Crippen molar-refractivity contribution in [3.05, 3.63) is 46.6 Å². The molecule has 29 heavy (non-hydrogen) atoms. The molecule has 0 saturated carbocycles. The Kier molecular flexibility index (Phi) is 5.05. The minimum absolute atomic E-state index is 0.0544. The van der Waals surface area contributed by atoms with Crippen LogP contribution in [0.3, 0.4) is 0 Å². The molecule has 2 atom stereocenters. The summed E-state index contributed by atoms with van der Waals surface area (Å²) in [7, 11) is 0. The number of aliphatic hydroxyl groups is 1. The highest BCUT2D eigenvalue weighted by Gasteiger charge is 2.34. The van der Waals surface area contributed by atoms with Gasteiger partial charge in [0.1, 0.15) is 23.8 Å². The molecule has 4 rings (SSSR count). The van der Waals surface area contributed by atoms with Crippen LogP contribution in [-0.4, -0.2) is 40.6 Å². The van der Waals surface area contributed by atoms with Crippen molar-refractivity contribution in [2.75, 3.05) is 6.54 Å². The van der Waals surface area contributed by atoms with Gasteiger partial charge in [0.05, 0.1) is 16.1 Å². The fourth-order valence-electron chi connectivity index (χ4n) is 3.45. The van der Waals surface area contributed by atoms with Crippen LogP contribution in [0.4, 0.5) is 13.2 Å². The van der Waals surface area contributed by atoms with Gasteiger partial charge >= 0.3 is 0 Å². The van der Waals surface area contributed by atoms with Gasteiger partial charge in [0, 0.05) is 24.4 Å². The van der Waals surface area contributed by atoms with Crippen molar-refractivity contribution in [2.24, 2.45) is 0 Å². The molecular formula is C19H16F3N3O3S. The lowest BCUT2D eigenvalue weighted by Gasteiger charge is -2.13. The predicted molar refractivity (Wildman–Crippen MR) is 101 cm³/mol. The summed E-state index contributed by atoms with van der Waals surface area (Å²) in [4.78, 5) is 27.3. The van der Waals surface area contributed by atoms with Gasteiger partial charge in [-0.3, -0.25) is 9.59 Å². The molecule has 1 aliphatic heterocycles. The van der Waals surface area contributed by atoms with E-state index in [0.29, 0.717) is 16.1 Å². The number of aromatic amines is 1. The Labute approximate surface area is 166 Å². The highest BCUT2D eigenvalue weighted by molar-refractivity contribution is 7.13. The first-order valence-electron chi connectivity index (χ1n) is 8.84. The number of carbonyl (C=O) groups excluding carboxylic acids is 2. The number of rotatable bonds is 5. The Morgan fingerprint density at radius 2 is 2.07 bits per heavy atom. The Hall–Kier alpha value is -2.85. The fraction of sp³-hybridized carbons (Fsp3) is 0.263. The van der Waals surface area contributed by atoms with E-state index in [1.807, 2.05) is 0 Å². The lowest BCUT2D eigenvalue weighted by atomic mass is 10.0. The zero-order valence-electron chi connectivity index (χ0n) is 14.9. The van der Waals surface area contributed by atoms with E-state index < -0.39 is 40.7 Å². The van der Waals surface area contributed by atoms with Crippen LogP contribution in [0.25, 0.3) is 21.5 Å². The minimum atomic E-state index is -1.04. The molecule has 0 spiro atoms. The number of halogens is 3. The lowest BCUT2D eigenvalue weighted by molar-refractivity contribution is -0.128. The van der Waals surface area contributed by atoms with Crippen molar-refractivity contribution < 1.29 is 27.9 Å². The second-order valence-electron chi connectivity index (χ2n) is 6.75. The number of benzene rings is 1. The highest BCUT2D eigenvalue weighted by Crippen LogP contribution is 2.36. The molecule has 1 saturated heterocycles. The number of aryl methyl sites for hydroxylation is 1. The van der Waals surface area contributed by atoms with Crippen LogP contribution in [0.1, 0.15) is 12.0 Å². The van der Waals surface area contributed by atoms with E-state index in [2.05, 4.69) is 15.6 Å². The number of aromatic nitrogens is 1. The lowest BCUT2D eigenvalue weighted by Crippen LogP contribution is -2.45. The zero-order chi connectivity index (χ0) is 20.7. The number of hydrogen-bond donors (Lipinski definition) is 4. The molecule has 1 unspecified atom stereocenters. The average Bonchev–Trinajstić information content (AvgIpc) is 3.33. The summed E-state index contributed by atoms with van der Waals surface area (Å²) in [5.41, 5.74) is 0.938. The van der Waals surface area contributed by atoms with Gasteiger partial charge in [-0.25, -0.2) is 8.78 Å². The molecule has 6 nitrogen and oxygen atoms in total. The number of aliphatic hydroxyl groups excluding tert-OH is 1. The maximum absolute atomic E-state index is 14.2. The molecule has 2 amide bonds. The number of thiophene rings is 1. The molecule has 3 aromatic rings. The van der Waals surface area contributed by atoms with Crippen molar-refractivity contribution in [1.29, 1.82) is 0 Å². The molecule has 0 aliphatic carbocycles. The third-order valence-electron chi connectivity index (χ3n) is 4.82. The van der Waals surface area contributed by atoms with Gasteiger partial charge < -0.3 is 20.7 Å². The summed E-state index contributed by atoms with van der Waals surface area (Å²) in [6, 6.07) is 3.64. The smallest absolute Gasteiger partial charge is 0.245 e. The molecule has 3 heterocycles. The zero-order valence-corrected chi connectivity index (χ0v) is 15.7. The van der Waals surface area contributed by atoms with E-state index in [1.54, 1.807) is 0 Å². The maximum Gasteiger partial charge on any atom is 0.245 e. The molecule has 2 aromatic heterocycles. The second kappa shape index (κ2) is 7.53. The molecule has 10 heteroatoms. The van der Waals surface area contributed by atoms with Crippen LogP contribution in [-0.2, 0) is 16.0 Å². The van der Waals surface area contributed by atoms with Gasteiger partial charge in [0.15, 0.2) is 5.13 Å². The summed E-state index contributed by atoms with van der Waals surface area (Å²) >= 11 is 0.841. The van der Waals surface area contributed by atoms with Crippen LogP contribution >= 0.6 is 11.3 Å². The van der Waals surface area contributed by atoms with Crippen molar-refractivity contribution >= 4 is 34.1 Å². The molecule has 0 radical (unpaired) electrons. The van der Waals surface area contributed by atoms with Crippen molar-refractivity contribution in [2.45, 2.75) is 25.0 Å². The molecule has 152 valence electrons. The number of carbonyl (C=O) groups is 2. The summed E-state index contributed by atoms with van der Waals surface area (Å²) in [6.07, 6.45) is -1.02. The van der Waals surface area contributed by atoms with Gasteiger partial charge in [0.25, 0.3) is 0 Å². The summed E-state index contributed by atoms with van der Waals surface area (Å²) in [5, 5.41) is 14.5. The number of hydrogen-bond acceptors (Lipinski definition) is 4. The second-order valence-corrected chi connectivity index (χ2v) is 7.78. The number of amides is 2. The van der Waals surface area contributed by atoms with Gasteiger partial charge in [-0.15, -0.1) is 11.3 Å². The van der Waals surface area contributed by atoms with Crippen LogP contribution in [0.2, 0.25) is 0 Å². The molecule has 1 aliphatic rings. The predicted octanol–water partition coefficient (Wildman–Crippen LogP) is 2.22. The molecule has 1 aromatic carbocycles. The van der Waals surface area contributed by atoms with Crippen molar-refractivity contribution in [3.8, 4) is 10.6 Å². The normalized spacial score (nSPS) is 19.0. The van der Waals surface area contributed by atoms with Gasteiger partial charge in [0.2, 0.25) is 11.8 Å². The standard InChI is InChI=1S/C19H16F3N3O3S/c20-8-5-10-9(1-4-15(27)24-18-12(26)7-23-19(18)28)17(13-2-3-14(22)29-13)25-16(10)11(21)6-8/h2-3,5-6,12,18,25-26H,1,4,7H2,(H,23,28)(H,24,27)/t12?,18-/m0/s1. The Balaban J connectivity index is 1.63. The summed E-state index contributed by atoms with van der Waals surface area (Å²) < 4.78 is 41.5. The Morgan fingerprint density at radius 3 is 2.72 bits per heavy atom. The Bertz CT molecular complexity index is 1110. The fourth-order valence-corrected chi connectivity index (χ4v) is 4.20. The van der Waals surface area contributed by atoms with Crippen molar-refractivity contribution in [3.63, 3.8) is 0 Å². The van der Waals surface area contributed by atoms with Gasteiger partial charge in [-0.05, 0) is 30.2 Å². The quantitative estimate of drug-likeness (QED) is 0.507. The van der Waals surface area contributed by atoms with E-state index in [-0.39, 0.29) is 30.3 Å². The van der Waals surface area contributed by atoms with Crippen LogP contribution in [0, 0.1) is 16.8 Å². The molecular weight excluding hydrogens is 407 g/mol. The minimum Gasteiger partial charge on any atom is -0.389 e. The third-order valence-corrected chi connectivity index (χ3v) is 5.71. The number of fused-ring (bicyclic) bond motifs is 1. The SMILES string of the molecule is O=C(CCc1c(-c2ccc(F)s2)[nH]c2c(F)cc(F)cc12)N[C@@H]1C(=O)NCC1O. The van der Waals surface area contributed by atoms with E-state index in [1.165, 1.54) is 12.1 Å². The average molecular weight is 423 g/mol. The van der Waals surface area contributed by atoms with Crippen LogP contribution in [0.15, 0.2) is 24.3 Å². The Morgan fingerprint density at radius 1 is 1.28 bits per heavy atom. The van der Waals surface area contributed by atoms with Crippen LogP contribution < -0.4 is 10.6 Å². The topological polar surface area (TPSA) is 94.2 Å². The van der Waals surface area contributed by atoms with Crippen LogP contribution in [0.5, 0.6) is 0 Å². The number of H-pyrrole nitrogens is 1.